The molecule has 1 fully saturated rings. The highest BCUT2D eigenvalue weighted by atomic mass is 19.2. The molecule has 0 unspecified atom stereocenters. The van der Waals surface area contributed by atoms with Crippen LogP contribution in [0.25, 0.3) is 0 Å². The average molecular weight is 323 g/mol. The van der Waals surface area contributed by atoms with Crippen LogP contribution in [0, 0.1) is 17.5 Å². The number of anilines is 1. The normalized spacial score (nSPS) is 13.9. The summed E-state index contributed by atoms with van der Waals surface area (Å²) in [5, 5.41) is 6.18. The topological polar surface area (TPSA) is 64.0 Å². The van der Waals surface area contributed by atoms with Gasteiger partial charge in [0.05, 0.1) is 11.4 Å². The zero-order valence-corrected chi connectivity index (χ0v) is 11.9. The van der Waals surface area contributed by atoms with Crippen molar-refractivity contribution < 1.29 is 18.0 Å². The maximum Gasteiger partial charge on any atom is 0.267 e. The van der Waals surface area contributed by atoms with Gasteiger partial charge in [-0.1, -0.05) is 0 Å². The van der Waals surface area contributed by atoms with Gasteiger partial charge in [-0.3, -0.25) is 9.59 Å². The number of aromatic nitrogens is 2. The number of benzene rings is 1. The SMILES string of the molecule is O=C(Cn1nc(C2CC2)ccc1=O)Nc1ccc(F)c(F)c1F. The van der Waals surface area contributed by atoms with Gasteiger partial charge in [-0.25, -0.2) is 17.9 Å². The number of hydrogen-bond donors (Lipinski definition) is 1. The maximum atomic E-state index is 13.5. The molecule has 0 bridgehead atoms. The molecule has 3 rings (SSSR count). The van der Waals surface area contributed by atoms with Crippen molar-refractivity contribution in [2.75, 3.05) is 5.32 Å². The molecule has 2 aromatic rings. The number of amides is 1. The molecular formula is C15H12F3N3O2. The van der Waals surface area contributed by atoms with E-state index >= 15 is 0 Å². The van der Waals surface area contributed by atoms with Crippen LogP contribution in [-0.2, 0) is 11.3 Å². The Labute approximate surface area is 128 Å². The highest BCUT2D eigenvalue weighted by Gasteiger charge is 2.25. The maximum absolute atomic E-state index is 13.5. The van der Waals surface area contributed by atoms with E-state index in [9.17, 15) is 22.8 Å². The molecular weight excluding hydrogens is 311 g/mol. The molecule has 1 saturated carbocycles. The fraction of sp³-hybridized carbons (Fsp3) is 0.267. The Morgan fingerprint density at radius 2 is 1.91 bits per heavy atom. The van der Waals surface area contributed by atoms with Crippen LogP contribution in [0.2, 0.25) is 0 Å². The van der Waals surface area contributed by atoms with E-state index in [1.165, 1.54) is 6.07 Å². The number of nitrogens with one attached hydrogen (secondary N) is 1. The van der Waals surface area contributed by atoms with Crippen molar-refractivity contribution in [2.24, 2.45) is 0 Å². The van der Waals surface area contributed by atoms with E-state index in [1.54, 1.807) is 6.07 Å². The largest absolute Gasteiger partial charge is 0.322 e. The first kappa shape index (κ1) is 15.3. The Bertz CT molecular complexity index is 831. The van der Waals surface area contributed by atoms with Gasteiger partial charge in [-0.05, 0) is 31.0 Å². The standard InChI is InChI=1S/C15H12F3N3O2/c16-9-3-4-11(15(18)14(9)17)19-12(22)7-21-13(23)6-5-10(20-21)8-1-2-8/h3-6,8H,1-2,7H2,(H,19,22). The number of hydrogen-bond acceptors (Lipinski definition) is 3. The van der Waals surface area contributed by atoms with Gasteiger partial charge < -0.3 is 5.32 Å². The van der Waals surface area contributed by atoms with E-state index in [2.05, 4.69) is 10.4 Å². The lowest BCUT2D eigenvalue weighted by Gasteiger charge is -2.09. The van der Waals surface area contributed by atoms with Gasteiger partial charge in [0.2, 0.25) is 5.91 Å². The van der Waals surface area contributed by atoms with Crippen molar-refractivity contribution in [2.45, 2.75) is 25.3 Å². The summed E-state index contributed by atoms with van der Waals surface area (Å²) in [4.78, 5) is 23.6. The summed E-state index contributed by atoms with van der Waals surface area (Å²) in [5.74, 6) is -4.99. The van der Waals surface area contributed by atoms with Gasteiger partial charge in [0, 0.05) is 12.0 Å². The Kier molecular flexibility index (Phi) is 3.89. The van der Waals surface area contributed by atoms with Crippen molar-refractivity contribution in [3.63, 3.8) is 0 Å². The molecule has 1 heterocycles. The number of nitrogens with zero attached hydrogens (tertiary/aromatic N) is 2. The van der Waals surface area contributed by atoms with Crippen LogP contribution in [0.4, 0.5) is 18.9 Å². The summed E-state index contributed by atoms with van der Waals surface area (Å²) in [6, 6.07) is 4.53. The molecule has 1 aliphatic rings. The second kappa shape index (κ2) is 5.86. The lowest BCUT2D eigenvalue weighted by molar-refractivity contribution is -0.117. The zero-order valence-electron chi connectivity index (χ0n) is 11.9. The summed E-state index contributed by atoms with van der Waals surface area (Å²) in [7, 11) is 0. The van der Waals surface area contributed by atoms with Crippen LogP contribution in [-0.4, -0.2) is 15.7 Å². The molecule has 23 heavy (non-hydrogen) atoms. The van der Waals surface area contributed by atoms with E-state index in [-0.39, 0.29) is 0 Å². The molecule has 0 radical (unpaired) electrons. The predicted octanol–water partition coefficient (Wildman–Crippen LogP) is 2.18. The molecule has 8 heteroatoms. The highest BCUT2D eigenvalue weighted by molar-refractivity contribution is 5.90. The first-order chi connectivity index (χ1) is 11.0. The van der Waals surface area contributed by atoms with Gasteiger partial charge in [0.25, 0.3) is 5.56 Å². The zero-order chi connectivity index (χ0) is 16.6. The van der Waals surface area contributed by atoms with Gasteiger partial charge >= 0.3 is 0 Å². The van der Waals surface area contributed by atoms with Gasteiger partial charge in [-0.15, -0.1) is 0 Å². The first-order valence-corrected chi connectivity index (χ1v) is 6.97. The molecule has 0 atom stereocenters. The van der Waals surface area contributed by atoms with Crippen LogP contribution in [0.1, 0.15) is 24.5 Å². The fourth-order valence-electron chi connectivity index (χ4n) is 2.12. The van der Waals surface area contributed by atoms with Crippen LogP contribution in [0.3, 0.4) is 0 Å². The predicted molar refractivity (Wildman–Crippen MR) is 75.4 cm³/mol. The molecule has 1 aliphatic carbocycles. The third-order valence-electron chi connectivity index (χ3n) is 3.49. The number of carbonyl (C=O) groups excluding carboxylic acids is 1. The number of carbonyl (C=O) groups is 1. The van der Waals surface area contributed by atoms with Crippen LogP contribution in [0.15, 0.2) is 29.1 Å². The van der Waals surface area contributed by atoms with Crippen LogP contribution in [0.5, 0.6) is 0 Å². The molecule has 0 saturated heterocycles. The van der Waals surface area contributed by atoms with E-state index in [0.717, 1.165) is 29.3 Å². The Balaban J connectivity index is 1.76. The van der Waals surface area contributed by atoms with Crippen LogP contribution >= 0.6 is 0 Å². The molecule has 0 aliphatic heterocycles. The van der Waals surface area contributed by atoms with E-state index < -0.39 is 41.2 Å². The van der Waals surface area contributed by atoms with Gasteiger partial charge in [0.15, 0.2) is 17.5 Å². The second-order valence-corrected chi connectivity index (χ2v) is 5.30. The third kappa shape index (κ3) is 3.25. The van der Waals surface area contributed by atoms with Crippen molar-refractivity contribution >= 4 is 11.6 Å². The number of halogens is 3. The Morgan fingerprint density at radius 3 is 2.61 bits per heavy atom. The summed E-state index contributed by atoms with van der Waals surface area (Å²) in [6.45, 7) is -0.447. The quantitative estimate of drug-likeness (QED) is 0.877. The summed E-state index contributed by atoms with van der Waals surface area (Å²) in [6.07, 6.45) is 1.97. The van der Waals surface area contributed by atoms with E-state index in [0.29, 0.717) is 12.0 Å². The molecule has 1 N–H and O–H groups in total. The van der Waals surface area contributed by atoms with E-state index in [1.807, 2.05) is 0 Å². The Morgan fingerprint density at radius 1 is 1.17 bits per heavy atom. The molecule has 5 nitrogen and oxygen atoms in total. The monoisotopic (exact) mass is 323 g/mol. The molecule has 120 valence electrons. The average Bonchev–Trinajstić information content (AvgIpc) is 3.35. The summed E-state index contributed by atoms with van der Waals surface area (Å²) >= 11 is 0. The lowest BCUT2D eigenvalue weighted by atomic mass is 10.2. The smallest absolute Gasteiger partial charge is 0.267 e. The minimum absolute atomic E-state index is 0.300. The van der Waals surface area contributed by atoms with E-state index in [4.69, 9.17) is 0 Å². The van der Waals surface area contributed by atoms with Crippen molar-refractivity contribution in [1.29, 1.82) is 0 Å². The van der Waals surface area contributed by atoms with Crippen LogP contribution < -0.4 is 10.9 Å². The summed E-state index contributed by atoms with van der Waals surface area (Å²) < 4.78 is 40.4. The first-order valence-electron chi connectivity index (χ1n) is 6.97. The third-order valence-corrected chi connectivity index (χ3v) is 3.49. The van der Waals surface area contributed by atoms with Gasteiger partial charge in [0.1, 0.15) is 6.54 Å². The molecule has 1 amide bonds. The Hall–Kier alpha value is -2.64. The summed E-state index contributed by atoms with van der Waals surface area (Å²) in [5.41, 5.74) is -0.257. The molecule has 1 aromatic heterocycles. The minimum Gasteiger partial charge on any atom is -0.322 e. The fourth-order valence-corrected chi connectivity index (χ4v) is 2.12. The minimum atomic E-state index is -1.67. The van der Waals surface area contributed by atoms with Crippen molar-refractivity contribution in [1.82, 2.24) is 9.78 Å². The van der Waals surface area contributed by atoms with Crippen molar-refractivity contribution in [3.8, 4) is 0 Å². The molecule has 0 spiro atoms. The number of rotatable bonds is 4. The molecule has 1 aromatic carbocycles. The van der Waals surface area contributed by atoms with Gasteiger partial charge in [-0.2, -0.15) is 5.10 Å². The van der Waals surface area contributed by atoms with Crippen molar-refractivity contribution in [3.05, 3.63) is 57.8 Å². The second-order valence-electron chi connectivity index (χ2n) is 5.30. The lowest BCUT2D eigenvalue weighted by Crippen LogP contribution is -2.30. The highest BCUT2D eigenvalue weighted by Crippen LogP contribution is 2.38.